The average Bonchev–Trinajstić information content (AvgIpc) is 2.91. The fraction of sp³-hybridized carbons (Fsp3) is 0.385. The first kappa shape index (κ1) is 14.5. The molecular formula is C13H16ClN5O. The molecule has 1 aromatic heterocycles. The number of halogens is 1. The zero-order chi connectivity index (χ0) is 14.7. The lowest BCUT2D eigenvalue weighted by Gasteiger charge is -2.20. The van der Waals surface area contributed by atoms with Crippen molar-refractivity contribution in [1.29, 1.82) is 0 Å². The fourth-order valence-electron chi connectivity index (χ4n) is 2.03. The molecule has 106 valence electrons. The summed E-state index contributed by atoms with van der Waals surface area (Å²) in [6, 6.07) is 5.25. The molecule has 0 fully saturated rings. The number of aromatic amines is 1. The molecule has 2 aromatic rings. The number of nitrogens with zero attached hydrogens (tertiary/aromatic N) is 4. The first-order chi connectivity index (χ1) is 9.49. The van der Waals surface area contributed by atoms with Crippen molar-refractivity contribution in [1.82, 2.24) is 25.5 Å². The molecule has 0 spiro atoms. The number of aryl methyl sites for hydroxylation is 1. The highest BCUT2D eigenvalue weighted by Crippen LogP contribution is 2.18. The van der Waals surface area contributed by atoms with Gasteiger partial charge in [0.15, 0.2) is 5.82 Å². The summed E-state index contributed by atoms with van der Waals surface area (Å²) in [5.74, 6) is 0.558. The van der Waals surface area contributed by atoms with Gasteiger partial charge in [0.05, 0.1) is 0 Å². The summed E-state index contributed by atoms with van der Waals surface area (Å²) in [5, 5.41) is 14.4. The van der Waals surface area contributed by atoms with E-state index in [1.54, 1.807) is 30.1 Å². The second kappa shape index (κ2) is 6.00. The molecule has 1 heterocycles. The second-order valence-corrected chi connectivity index (χ2v) is 5.25. The van der Waals surface area contributed by atoms with Crippen LogP contribution in [-0.2, 0) is 0 Å². The topological polar surface area (TPSA) is 74.8 Å². The molecule has 20 heavy (non-hydrogen) atoms. The lowest BCUT2D eigenvalue weighted by atomic mass is 10.1. The molecule has 0 aliphatic rings. The molecule has 0 radical (unpaired) electrons. The van der Waals surface area contributed by atoms with E-state index in [4.69, 9.17) is 11.6 Å². The molecule has 0 aliphatic carbocycles. The molecule has 0 saturated heterocycles. The number of carbonyl (C=O) groups is 1. The van der Waals surface area contributed by atoms with E-state index in [2.05, 4.69) is 20.6 Å². The Kier molecular flexibility index (Phi) is 4.34. The Morgan fingerprint density at radius 1 is 1.50 bits per heavy atom. The highest BCUT2D eigenvalue weighted by Gasteiger charge is 2.19. The van der Waals surface area contributed by atoms with E-state index < -0.39 is 0 Å². The third-order valence-corrected chi connectivity index (χ3v) is 3.35. The van der Waals surface area contributed by atoms with Gasteiger partial charge in [0.2, 0.25) is 0 Å². The highest BCUT2D eigenvalue weighted by atomic mass is 35.5. The minimum Gasteiger partial charge on any atom is -0.341 e. The van der Waals surface area contributed by atoms with E-state index in [-0.39, 0.29) is 11.8 Å². The quantitative estimate of drug-likeness (QED) is 0.936. The van der Waals surface area contributed by atoms with E-state index in [9.17, 15) is 4.79 Å². The molecule has 2 rings (SSSR count). The van der Waals surface area contributed by atoms with Crippen molar-refractivity contribution in [2.45, 2.75) is 19.8 Å². The number of tetrazole rings is 1. The first-order valence-corrected chi connectivity index (χ1v) is 6.61. The highest BCUT2D eigenvalue weighted by molar-refractivity contribution is 6.30. The molecule has 1 aromatic carbocycles. The van der Waals surface area contributed by atoms with E-state index in [1.165, 1.54) is 0 Å². The molecule has 6 nitrogen and oxygen atoms in total. The van der Waals surface area contributed by atoms with Gasteiger partial charge < -0.3 is 4.90 Å². The van der Waals surface area contributed by atoms with Crippen LogP contribution >= 0.6 is 11.6 Å². The number of rotatable bonds is 4. The number of carbonyl (C=O) groups excluding carboxylic acids is 1. The molecule has 0 bridgehead atoms. The molecule has 7 heteroatoms. The van der Waals surface area contributed by atoms with Crippen molar-refractivity contribution in [2.75, 3.05) is 13.6 Å². The summed E-state index contributed by atoms with van der Waals surface area (Å²) in [6.07, 6.45) is 0. The third kappa shape index (κ3) is 3.14. The van der Waals surface area contributed by atoms with Gasteiger partial charge in [-0.25, -0.2) is 0 Å². The predicted molar refractivity (Wildman–Crippen MR) is 75.7 cm³/mol. The van der Waals surface area contributed by atoms with Crippen molar-refractivity contribution in [3.05, 3.63) is 40.2 Å². The van der Waals surface area contributed by atoms with Gasteiger partial charge in [-0.3, -0.25) is 4.79 Å². The standard InChI is InChI=1S/C13H16ClN5O/c1-8-6-10(14)4-5-11(8)13(20)19(3)7-9(2)12-15-17-18-16-12/h4-6,9H,7H2,1-3H3,(H,15,16,17,18)/t9-/m1/s1. The largest absolute Gasteiger partial charge is 0.341 e. The van der Waals surface area contributed by atoms with Crippen molar-refractivity contribution >= 4 is 17.5 Å². The number of hydrogen-bond donors (Lipinski definition) is 1. The van der Waals surface area contributed by atoms with Crippen LogP contribution in [0.3, 0.4) is 0 Å². The van der Waals surface area contributed by atoms with Gasteiger partial charge in [0.25, 0.3) is 5.91 Å². The van der Waals surface area contributed by atoms with Crippen LogP contribution in [-0.4, -0.2) is 45.0 Å². The van der Waals surface area contributed by atoms with Gasteiger partial charge in [0, 0.05) is 30.1 Å². The number of nitrogens with one attached hydrogen (secondary N) is 1. The van der Waals surface area contributed by atoms with Crippen LogP contribution in [0.1, 0.15) is 34.6 Å². The maximum absolute atomic E-state index is 12.4. The van der Waals surface area contributed by atoms with Crippen molar-refractivity contribution in [3.63, 3.8) is 0 Å². The van der Waals surface area contributed by atoms with Crippen LogP contribution in [0.4, 0.5) is 0 Å². The Balaban J connectivity index is 2.08. The van der Waals surface area contributed by atoms with Gasteiger partial charge in [-0.1, -0.05) is 23.7 Å². The summed E-state index contributed by atoms with van der Waals surface area (Å²) in [6.45, 7) is 4.33. The molecule has 0 aliphatic heterocycles. The fourth-order valence-corrected chi connectivity index (χ4v) is 2.25. The van der Waals surface area contributed by atoms with Gasteiger partial charge in [-0.05, 0) is 30.7 Å². The molecule has 1 atom stereocenters. The Bertz CT molecular complexity index is 599. The zero-order valence-electron chi connectivity index (χ0n) is 11.6. The molecule has 1 N–H and O–H groups in total. The maximum Gasteiger partial charge on any atom is 0.253 e. The number of H-pyrrole nitrogens is 1. The van der Waals surface area contributed by atoms with E-state index in [0.717, 1.165) is 5.56 Å². The summed E-state index contributed by atoms with van der Waals surface area (Å²) < 4.78 is 0. The predicted octanol–water partition coefficient (Wildman–Crippen LogP) is 2.04. The Morgan fingerprint density at radius 3 is 2.85 bits per heavy atom. The minimum absolute atomic E-state index is 0.00954. The summed E-state index contributed by atoms with van der Waals surface area (Å²) in [7, 11) is 1.76. The smallest absolute Gasteiger partial charge is 0.253 e. The van der Waals surface area contributed by atoms with E-state index >= 15 is 0 Å². The lowest BCUT2D eigenvalue weighted by Crippen LogP contribution is -2.31. The third-order valence-electron chi connectivity index (χ3n) is 3.12. The van der Waals surface area contributed by atoms with Crippen molar-refractivity contribution < 1.29 is 4.79 Å². The average molecular weight is 294 g/mol. The van der Waals surface area contributed by atoms with Crippen LogP contribution in [0, 0.1) is 6.92 Å². The number of likely N-dealkylation sites (N-methyl/N-ethyl adjacent to an activating group) is 1. The summed E-state index contributed by atoms with van der Waals surface area (Å²) >= 11 is 5.90. The Hall–Kier alpha value is -1.95. The number of benzene rings is 1. The summed E-state index contributed by atoms with van der Waals surface area (Å²) in [5.41, 5.74) is 1.51. The van der Waals surface area contributed by atoms with Crippen LogP contribution in [0.25, 0.3) is 0 Å². The molecule has 0 saturated carbocycles. The van der Waals surface area contributed by atoms with E-state index in [0.29, 0.717) is 23.0 Å². The number of amides is 1. The van der Waals surface area contributed by atoms with Crippen LogP contribution in [0.5, 0.6) is 0 Å². The SMILES string of the molecule is Cc1cc(Cl)ccc1C(=O)N(C)C[C@@H](C)c1nn[nH]n1. The zero-order valence-corrected chi connectivity index (χ0v) is 12.3. The van der Waals surface area contributed by atoms with Crippen LogP contribution in [0.15, 0.2) is 18.2 Å². The minimum atomic E-state index is -0.0467. The van der Waals surface area contributed by atoms with E-state index in [1.807, 2.05) is 13.8 Å². The normalized spacial score (nSPS) is 12.2. The Labute approximate surface area is 122 Å². The number of hydrogen-bond acceptors (Lipinski definition) is 4. The van der Waals surface area contributed by atoms with Crippen molar-refractivity contribution in [2.24, 2.45) is 0 Å². The van der Waals surface area contributed by atoms with Gasteiger partial charge >= 0.3 is 0 Å². The number of aromatic nitrogens is 4. The lowest BCUT2D eigenvalue weighted by molar-refractivity contribution is 0.0786. The first-order valence-electron chi connectivity index (χ1n) is 6.24. The maximum atomic E-state index is 12.4. The molecule has 1 amide bonds. The second-order valence-electron chi connectivity index (χ2n) is 4.82. The van der Waals surface area contributed by atoms with Crippen LogP contribution in [0.2, 0.25) is 5.02 Å². The van der Waals surface area contributed by atoms with Crippen molar-refractivity contribution in [3.8, 4) is 0 Å². The summed E-state index contributed by atoms with van der Waals surface area (Å²) in [4.78, 5) is 14.1. The molecular weight excluding hydrogens is 278 g/mol. The Morgan fingerprint density at radius 2 is 2.25 bits per heavy atom. The van der Waals surface area contributed by atoms with Gasteiger partial charge in [-0.2, -0.15) is 5.21 Å². The monoisotopic (exact) mass is 293 g/mol. The van der Waals surface area contributed by atoms with Crippen LogP contribution < -0.4 is 0 Å². The molecule has 0 unspecified atom stereocenters. The van der Waals surface area contributed by atoms with Gasteiger partial charge in [0.1, 0.15) is 0 Å². The van der Waals surface area contributed by atoms with Gasteiger partial charge in [-0.15, -0.1) is 10.2 Å².